The lowest BCUT2D eigenvalue weighted by Crippen LogP contribution is -2.20. The van der Waals surface area contributed by atoms with E-state index in [1.807, 2.05) is 6.92 Å². The zero-order chi connectivity index (χ0) is 11.8. The monoisotopic (exact) mass is 261 g/mol. The smallest absolute Gasteiger partial charge is 0.120 e. The van der Waals surface area contributed by atoms with Gasteiger partial charge in [0.25, 0.3) is 0 Å². The highest BCUT2D eigenvalue weighted by Gasteiger charge is 2.11. The Morgan fingerprint density at radius 2 is 2.29 bits per heavy atom. The molecule has 0 aromatic rings. The van der Waals surface area contributed by atoms with Gasteiger partial charge in [-0.05, 0) is 32.6 Å². The van der Waals surface area contributed by atoms with E-state index < -0.39 is 0 Å². The van der Waals surface area contributed by atoms with E-state index in [9.17, 15) is 0 Å². The van der Waals surface area contributed by atoms with Gasteiger partial charge in [0.15, 0.2) is 0 Å². The molecular weight excluding hydrogens is 238 g/mol. The van der Waals surface area contributed by atoms with Crippen molar-refractivity contribution in [1.82, 2.24) is 5.48 Å². The van der Waals surface area contributed by atoms with Crippen molar-refractivity contribution in [3.05, 3.63) is 12.2 Å². The highest BCUT2D eigenvalue weighted by Crippen LogP contribution is 2.16. The number of halogens is 1. The molecule has 5 heteroatoms. The van der Waals surface area contributed by atoms with Gasteiger partial charge in [0.05, 0.1) is 6.04 Å². The fourth-order valence-corrected chi connectivity index (χ4v) is 1.84. The van der Waals surface area contributed by atoms with Crippen molar-refractivity contribution < 1.29 is 5.21 Å². The molecule has 0 aromatic carbocycles. The van der Waals surface area contributed by atoms with Crippen LogP contribution in [0.3, 0.4) is 0 Å². The molecule has 1 rings (SSSR count). The van der Waals surface area contributed by atoms with Crippen LogP contribution in [0.2, 0.25) is 0 Å². The molecule has 2 atom stereocenters. The Hall–Kier alpha value is -0.580. The van der Waals surface area contributed by atoms with E-state index in [1.165, 1.54) is 6.42 Å². The number of amidine groups is 1. The number of nitrogens with two attached hydrogens (primary N) is 1. The summed E-state index contributed by atoms with van der Waals surface area (Å²) < 4.78 is 0. The molecule has 0 saturated carbocycles. The summed E-state index contributed by atoms with van der Waals surface area (Å²) >= 11 is 0. The molecule has 0 bridgehead atoms. The predicted molar refractivity (Wildman–Crippen MR) is 73.9 cm³/mol. The van der Waals surface area contributed by atoms with Gasteiger partial charge in [0.1, 0.15) is 5.84 Å². The highest BCUT2D eigenvalue weighted by atomic mass is 35.5. The van der Waals surface area contributed by atoms with Gasteiger partial charge in [-0.15, -0.1) is 12.4 Å². The van der Waals surface area contributed by atoms with Crippen LogP contribution in [0.25, 0.3) is 0 Å². The van der Waals surface area contributed by atoms with Crippen molar-refractivity contribution >= 4 is 18.2 Å². The van der Waals surface area contributed by atoms with Gasteiger partial charge in [0, 0.05) is 12.5 Å². The Labute approximate surface area is 110 Å². The molecule has 17 heavy (non-hydrogen) atoms. The summed E-state index contributed by atoms with van der Waals surface area (Å²) in [6.07, 6.45) is 10.4. The van der Waals surface area contributed by atoms with Crippen LogP contribution in [0.5, 0.6) is 0 Å². The van der Waals surface area contributed by atoms with Gasteiger partial charge in [0.2, 0.25) is 0 Å². The minimum atomic E-state index is 0. The SMILES string of the molecule is CC(N)C/C=C/CC1CCCCC(NO)=N1.Cl. The number of hydroxylamine groups is 1. The molecule has 0 saturated heterocycles. The van der Waals surface area contributed by atoms with Crippen molar-refractivity contribution in [1.29, 1.82) is 0 Å². The van der Waals surface area contributed by atoms with E-state index in [-0.39, 0.29) is 18.4 Å². The van der Waals surface area contributed by atoms with Gasteiger partial charge in [-0.3, -0.25) is 15.7 Å². The molecule has 0 aromatic heterocycles. The van der Waals surface area contributed by atoms with Crippen molar-refractivity contribution in [2.45, 2.75) is 57.5 Å². The molecule has 1 aliphatic rings. The summed E-state index contributed by atoms with van der Waals surface area (Å²) in [7, 11) is 0. The van der Waals surface area contributed by atoms with E-state index >= 15 is 0 Å². The standard InChI is InChI=1S/C12H23N3O.ClH/c1-10(13)6-2-3-7-11-8-4-5-9-12(14-11)15-16;/h2-3,10-11,16H,4-9,13H2,1H3,(H,14,15);1H/b3-2+;. The van der Waals surface area contributed by atoms with Crippen LogP contribution in [0.1, 0.15) is 45.4 Å². The summed E-state index contributed by atoms with van der Waals surface area (Å²) in [5, 5.41) is 8.86. The van der Waals surface area contributed by atoms with Gasteiger partial charge in [-0.25, -0.2) is 0 Å². The summed E-state index contributed by atoms with van der Waals surface area (Å²) in [5.74, 6) is 0.725. The Balaban J connectivity index is 0.00000256. The molecule has 2 unspecified atom stereocenters. The second kappa shape index (κ2) is 9.45. The number of nitrogens with one attached hydrogen (secondary N) is 1. The first kappa shape index (κ1) is 16.4. The van der Waals surface area contributed by atoms with Crippen LogP contribution in [0.15, 0.2) is 17.1 Å². The van der Waals surface area contributed by atoms with Crippen molar-refractivity contribution in [2.24, 2.45) is 10.7 Å². The summed E-state index contributed by atoms with van der Waals surface area (Å²) in [5.41, 5.74) is 7.85. The average molecular weight is 262 g/mol. The Kier molecular flexibility index (Phi) is 9.13. The van der Waals surface area contributed by atoms with E-state index in [2.05, 4.69) is 22.6 Å². The van der Waals surface area contributed by atoms with Crippen LogP contribution < -0.4 is 11.2 Å². The normalized spacial score (nSPS) is 22.5. The number of nitrogens with zero attached hydrogens (tertiary/aromatic N) is 1. The van der Waals surface area contributed by atoms with E-state index in [1.54, 1.807) is 0 Å². The molecule has 0 amide bonds. The lowest BCUT2D eigenvalue weighted by molar-refractivity contribution is 0.231. The Bertz CT molecular complexity index is 254. The first-order valence-corrected chi connectivity index (χ1v) is 6.09. The van der Waals surface area contributed by atoms with Crippen LogP contribution in [-0.2, 0) is 0 Å². The second-order valence-electron chi connectivity index (χ2n) is 4.51. The van der Waals surface area contributed by atoms with Crippen molar-refractivity contribution in [2.75, 3.05) is 0 Å². The third kappa shape index (κ3) is 7.36. The van der Waals surface area contributed by atoms with E-state index in [4.69, 9.17) is 10.9 Å². The van der Waals surface area contributed by atoms with Crippen LogP contribution in [0.4, 0.5) is 0 Å². The third-order valence-electron chi connectivity index (χ3n) is 2.75. The van der Waals surface area contributed by atoms with Crippen molar-refractivity contribution in [3.63, 3.8) is 0 Å². The summed E-state index contributed by atoms with van der Waals surface area (Å²) in [6, 6.07) is 0.532. The molecule has 4 N–H and O–H groups in total. The Morgan fingerprint density at radius 3 is 2.94 bits per heavy atom. The summed E-state index contributed by atoms with van der Waals surface area (Å²) in [4.78, 5) is 4.48. The van der Waals surface area contributed by atoms with E-state index in [0.29, 0.717) is 6.04 Å². The number of aliphatic imine (C=N–C) groups is 1. The van der Waals surface area contributed by atoms with Gasteiger partial charge >= 0.3 is 0 Å². The van der Waals surface area contributed by atoms with Crippen molar-refractivity contribution in [3.8, 4) is 0 Å². The minimum Gasteiger partial charge on any atom is -0.328 e. The maximum atomic E-state index is 8.86. The molecule has 0 fully saturated rings. The molecule has 0 aliphatic carbocycles. The quantitative estimate of drug-likeness (QED) is 0.538. The fraction of sp³-hybridized carbons (Fsp3) is 0.750. The number of hydrogen-bond donors (Lipinski definition) is 3. The van der Waals surface area contributed by atoms with Gasteiger partial charge in [-0.2, -0.15) is 0 Å². The van der Waals surface area contributed by atoms with Crippen LogP contribution in [0, 0.1) is 0 Å². The zero-order valence-corrected chi connectivity index (χ0v) is 11.2. The number of hydrogen-bond acceptors (Lipinski definition) is 4. The molecule has 1 aliphatic heterocycles. The lowest BCUT2D eigenvalue weighted by atomic mass is 10.1. The molecule has 100 valence electrons. The van der Waals surface area contributed by atoms with Crippen LogP contribution in [-0.4, -0.2) is 23.1 Å². The molecule has 0 radical (unpaired) electrons. The maximum absolute atomic E-state index is 8.86. The molecule has 4 nitrogen and oxygen atoms in total. The van der Waals surface area contributed by atoms with Gasteiger partial charge in [-0.1, -0.05) is 18.6 Å². The third-order valence-corrected chi connectivity index (χ3v) is 2.75. The number of rotatable bonds is 4. The fourth-order valence-electron chi connectivity index (χ4n) is 1.84. The molecule has 1 heterocycles. The lowest BCUT2D eigenvalue weighted by Gasteiger charge is -2.08. The largest absolute Gasteiger partial charge is 0.328 e. The zero-order valence-electron chi connectivity index (χ0n) is 10.4. The molecule has 0 spiro atoms. The first-order chi connectivity index (χ1) is 7.72. The molecular formula is C12H24ClN3O. The van der Waals surface area contributed by atoms with Gasteiger partial charge < -0.3 is 5.73 Å². The maximum Gasteiger partial charge on any atom is 0.120 e. The topological polar surface area (TPSA) is 70.6 Å². The second-order valence-corrected chi connectivity index (χ2v) is 4.51. The van der Waals surface area contributed by atoms with E-state index in [0.717, 1.165) is 37.9 Å². The Morgan fingerprint density at radius 1 is 1.53 bits per heavy atom. The first-order valence-electron chi connectivity index (χ1n) is 6.09. The predicted octanol–water partition coefficient (Wildman–Crippen LogP) is 2.41. The van der Waals surface area contributed by atoms with Crippen LogP contribution >= 0.6 is 12.4 Å². The minimum absolute atomic E-state index is 0. The average Bonchev–Trinajstić information content (AvgIpc) is 2.49. The highest BCUT2D eigenvalue weighted by molar-refractivity contribution is 5.85. The summed E-state index contributed by atoms with van der Waals surface area (Å²) in [6.45, 7) is 2.00.